The summed E-state index contributed by atoms with van der Waals surface area (Å²) >= 11 is 0. The largest absolute Gasteiger partial charge is 0.507 e. The molecular weight excluding hydrogens is 538 g/mol. The van der Waals surface area contributed by atoms with Crippen molar-refractivity contribution in [2.24, 2.45) is 0 Å². The van der Waals surface area contributed by atoms with Crippen LogP contribution in [0.25, 0.3) is 0 Å². The van der Waals surface area contributed by atoms with Crippen molar-refractivity contribution >= 4 is 12.4 Å². The lowest BCUT2D eigenvalue weighted by atomic mass is 9.78. The molecule has 0 saturated heterocycles. The van der Waals surface area contributed by atoms with Gasteiger partial charge >= 0.3 is 6.03 Å². The lowest BCUT2D eigenvalue weighted by Gasteiger charge is -2.34. The van der Waals surface area contributed by atoms with E-state index in [1.165, 1.54) is 4.90 Å². The van der Waals surface area contributed by atoms with Gasteiger partial charge in [-0.25, -0.2) is 4.79 Å². The fraction of sp³-hybridized carbons (Fsp3) is 0.556. The molecule has 0 aliphatic heterocycles. The molecular formula is C36H55N3O4. The molecule has 43 heavy (non-hydrogen) atoms. The zero-order valence-corrected chi connectivity index (χ0v) is 29.1. The molecule has 7 heteroatoms. The SMILES string of the molecule is C=C(N(C)C)N(Cc1cc(C(C)(C)C)c(O)c(C(C)(C)C)c1)C(=O)N(C=O)Cc1cc(C(C)(C)C)c(O)c(C(C)(C)C)c1. The van der Waals surface area contributed by atoms with Crippen LogP contribution in [0.15, 0.2) is 36.7 Å². The Balaban J connectivity index is 2.66. The van der Waals surface area contributed by atoms with Crippen LogP contribution < -0.4 is 0 Å². The van der Waals surface area contributed by atoms with Crippen molar-refractivity contribution in [3.05, 3.63) is 70.0 Å². The first-order chi connectivity index (χ1) is 19.3. The van der Waals surface area contributed by atoms with E-state index in [-0.39, 0.29) is 46.2 Å². The highest BCUT2D eigenvalue weighted by Crippen LogP contribution is 2.41. The summed E-state index contributed by atoms with van der Waals surface area (Å²) in [6, 6.07) is 7.11. The zero-order chi connectivity index (χ0) is 33.5. The maximum Gasteiger partial charge on any atom is 0.332 e. The molecule has 0 fully saturated rings. The number of benzene rings is 2. The number of aromatic hydroxyl groups is 2. The third-order valence-electron chi connectivity index (χ3n) is 7.70. The van der Waals surface area contributed by atoms with Crippen molar-refractivity contribution in [1.29, 1.82) is 0 Å². The molecule has 0 aliphatic carbocycles. The van der Waals surface area contributed by atoms with Crippen molar-refractivity contribution in [1.82, 2.24) is 14.7 Å². The van der Waals surface area contributed by atoms with Crippen molar-refractivity contribution in [3.63, 3.8) is 0 Å². The van der Waals surface area contributed by atoms with Gasteiger partial charge in [0.25, 0.3) is 0 Å². The maximum absolute atomic E-state index is 14.1. The molecule has 0 radical (unpaired) electrons. The van der Waals surface area contributed by atoms with E-state index in [0.717, 1.165) is 38.3 Å². The quantitative estimate of drug-likeness (QED) is 0.319. The summed E-state index contributed by atoms with van der Waals surface area (Å²) in [5.74, 6) is 0.933. The minimum absolute atomic E-state index is 0.0298. The Hall–Kier alpha value is -3.48. The van der Waals surface area contributed by atoms with E-state index in [4.69, 9.17) is 0 Å². The molecule has 0 heterocycles. The van der Waals surface area contributed by atoms with E-state index >= 15 is 0 Å². The van der Waals surface area contributed by atoms with Crippen LogP contribution in [-0.2, 0) is 39.5 Å². The molecule has 0 spiro atoms. The number of hydrogen-bond acceptors (Lipinski definition) is 5. The van der Waals surface area contributed by atoms with E-state index in [0.29, 0.717) is 12.2 Å². The Bertz CT molecular complexity index is 1290. The number of imide groups is 1. The summed E-state index contributed by atoms with van der Waals surface area (Å²) in [5.41, 5.74) is 3.30. The summed E-state index contributed by atoms with van der Waals surface area (Å²) < 4.78 is 0. The monoisotopic (exact) mass is 593 g/mol. The fourth-order valence-electron chi connectivity index (χ4n) is 5.05. The number of carbonyl (C=O) groups excluding carboxylic acids is 2. The van der Waals surface area contributed by atoms with E-state index in [9.17, 15) is 19.8 Å². The first-order valence-corrected chi connectivity index (χ1v) is 14.9. The number of phenolic OH excluding ortho intramolecular Hbond substituents is 2. The lowest BCUT2D eigenvalue weighted by Crippen LogP contribution is -2.44. The standard InChI is InChI=1S/C36H55N3O4/c1-23(37(14)15)39(21-25-18-28(35(8,9)10)31(42)29(19-25)36(11,12)13)32(43)38(22-40)20-24-16-26(33(2,3)4)30(41)27(17-24)34(5,6)7/h16-19,22,41-42H,1,20-21H2,2-15H3. The van der Waals surface area contributed by atoms with Gasteiger partial charge in [0.15, 0.2) is 0 Å². The number of hydrogen-bond donors (Lipinski definition) is 2. The topological polar surface area (TPSA) is 84.3 Å². The van der Waals surface area contributed by atoms with Gasteiger partial charge in [-0.1, -0.05) is 89.7 Å². The normalized spacial score (nSPS) is 12.6. The van der Waals surface area contributed by atoms with Gasteiger partial charge in [0.2, 0.25) is 6.41 Å². The van der Waals surface area contributed by atoms with Crippen LogP contribution in [0.4, 0.5) is 4.79 Å². The van der Waals surface area contributed by atoms with Crippen LogP contribution in [0.5, 0.6) is 11.5 Å². The molecule has 2 aromatic rings. The van der Waals surface area contributed by atoms with Crippen molar-refractivity contribution < 1.29 is 19.8 Å². The number of nitrogens with zero attached hydrogens (tertiary/aromatic N) is 3. The Morgan fingerprint density at radius 1 is 0.674 bits per heavy atom. The number of phenols is 2. The molecule has 0 unspecified atom stereocenters. The smallest absolute Gasteiger partial charge is 0.332 e. The van der Waals surface area contributed by atoms with Crippen LogP contribution in [0.3, 0.4) is 0 Å². The van der Waals surface area contributed by atoms with Gasteiger partial charge < -0.3 is 15.1 Å². The van der Waals surface area contributed by atoms with Crippen LogP contribution in [0.2, 0.25) is 0 Å². The molecule has 2 rings (SSSR count). The highest BCUT2D eigenvalue weighted by Gasteiger charge is 2.31. The third kappa shape index (κ3) is 8.33. The van der Waals surface area contributed by atoms with E-state index in [2.05, 4.69) is 6.58 Å². The van der Waals surface area contributed by atoms with Gasteiger partial charge in [0.1, 0.15) is 17.3 Å². The molecule has 0 atom stereocenters. The summed E-state index contributed by atoms with van der Waals surface area (Å²) in [4.78, 5) is 31.0. The van der Waals surface area contributed by atoms with E-state index < -0.39 is 6.03 Å². The first kappa shape index (κ1) is 35.7. The van der Waals surface area contributed by atoms with Crippen LogP contribution in [-0.4, -0.2) is 51.4 Å². The average Bonchev–Trinajstić information content (AvgIpc) is 2.83. The van der Waals surface area contributed by atoms with Gasteiger partial charge in [-0.05, 0) is 79.3 Å². The second-order valence-corrected chi connectivity index (χ2v) is 16.0. The van der Waals surface area contributed by atoms with Crippen molar-refractivity contribution in [2.75, 3.05) is 14.1 Å². The molecule has 2 aromatic carbocycles. The average molecular weight is 594 g/mol. The molecule has 0 saturated carbocycles. The molecule has 0 aromatic heterocycles. The van der Waals surface area contributed by atoms with Gasteiger partial charge in [0.05, 0.1) is 13.1 Å². The van der Waals surface area contributed by atoms with Gasteiger partial charge in [-0.2, -0.15) is 0 Å². The Kier molecular flexibility index (Phi) is 10.2. The number of urea groups is 1. The molecule has 0 bridgehead atoms. The summed E-state index contributed by atoms with van der Waals surface area (Å²) in [6.07, 6.45) is 0.552. The second kappa shape index (κ2) is 12.3. The number of rotatable bonds is 7. The molecule has 2 N–H and O–H groups in total. The highest BCUT2D eigenvalue weighted by atomic mass is 16.3. The Morgan fingerprint density at radius 2 is 0.977 bits per heavy atom. The third-order valence-corrected chi connectivity index (χ3v) is 7.70. The zero-order valence-electron chi connectivity index (χ0n) is 29.1. The predicted octanol–water partition coefficient (Wildman–Crippen LogP) is 7.90. The maximum atomic E-state index is 14.1. The summed E-state index contributed by atoms with van der Waals surface area (Å²) in [7, 11) is 3.61. The fourth-order valence-corrected chi connectivity index (χ4v) is 5.05. The predicted molar refractivity (Wildman–Crippen MR) is 176 cm³/mol. The molecule has 238 valence electrons. The molecule has 0 aliphatic rings. The van der Waals surface area contributed by atoms with Crippen LogP contribution in [0, 0.1) is 0 Å². The Labute approximate surface area is 260 Å². The van der Waals surface area contributed by atoms with E-state index in [1.54, 1.807) is 19.0 Å². The number of amides is 3. The van der Waals surface area contributed by atoms with Crippen molar-refractivity contribution in [3.8, 4) is 11.5 Å². The van der Waals surface area contributed by atoms with Crippen molar-refractivity contribution in [2.45, 2.75) is 118 Å². The van der Waals surface area contributed by atoms with Gasteiger partial charge in [0, 0.05) is 14.1 Å². The molecule has 7 nitrogen and oxygen atoms in total. The summed E-state index contributed by atoms with van der Waals surface area (Å²) in [6.45, 7) is 28.8. The number of carbonyl (C=O) groups is 2. The Morgan fingerprint density at radius 3 is 1.23 bits per heavy atom. The first-order valence-electron chi connectivity index (χ1n) is 14.9. The minimum Gasteiger partial charge on any atom is -0.507 e. The van der Waals surface area contributed by atoms with Crippen LogP contribution >= 0.6 is 0 Å². The van der Waals surface area contributed by atoms with Gasteiger partial charge in [-0.15, -0.1) is 0 Å². The van der Waals surface area contributed by atoms with Crippen LogP contribution in [0.1, 0.15) is 116 Å². The molecule has 3 amide bonds. The van der Waals surface area contributed by atoms with Gasteiger partial charge in [-0.3, -0.25) is 14.6 Å². The van der Waals surface area contributed by atoms with E-state index in [1.807, 2.05) is 107 Å². The minimum atomic E-state index is -0.515. The highest BCUT2D eigenvalue weighted by molar-refractivity contribution is 5.86. The second-order valence-electron chi connectivity index (χ2n) is 16.0. The lowest BCUT2D eigenvalue weighted by molar-refractivity contribution is -0.116. The summed E-state index contributed by atoms with van der Waals surface area (Å²) in [5, 5.41) is 22.4.